The van der Waals surface area contributed by atoms with E-state index in [2.05, 4.69) is 12.2 Å². The van der Waals surface area contributed by atoms with Crippen molar-refractivity contribution in [1.82, 2.24) is 5.06 Å². The van der Waals surface area contributed by atoms with Gasteiger partial charge in [0.2, 0.25) is 0 Å². The van der Waals surface area contributed by atoms with Crippen molar-refractivity contribution in [2.45, 2.75) is 20.3 Å². The zero-order valence-electron chi connectivity index (χ0n) is 16.7. The minimum Gasteiger partial charge on any atom is -0.433 e. The summed E-state index contributed by atoms with van der Waals surface area (Å²) >= 11 is 0. The van der Waals surface area contributed by atoms with Gasteiger partial charge in [-0.05, 0) is 54.7 Å². The number of rotatable bonds is 5. The van der Waals surface area contributed by atoms with Crippen LogP contribution in [0.3, 0.4) is 0 Å². The third-order valence-electron chi connectivity index (χ3n) is 4.72. The van der Waals surface area contributed by atoms with Gasteiger partial charge in [0.1, 0.15) is 17.2 Å². The summed E-state index contributed by atoms with van der Waals surface area (Å²) in [7, 11) is 0. The first-order valence-electron chi connectivity index (χ1n) is 9.58. The summed E-state index contributed by atoms with van der Waals surface area (Å²) in [5.41, 5.74) is 1.59. The Morgan fingerprint density at radius 1 is 1.13 bits per heavy atom. The van der Waals surface area contributed by atoms with E-state index in [-0.39, 0.29) is 12.5 Å². The van der Waals surface area contributed by atoms with E-state index in [1.54, 1.807) is 37.4 Å². The lowest BCUT2D eigenvalue weighted by Gasteiger charge is -2.29. The van der Waals surface area contributed by atoms with Crippen LogP contribution in [0.5, 0.6) is 0 Å². The van der Waals surface area contributed by atoms with Gasteiger partial charge in [-0.3, -0.25) is 4.79 Å². The second-order valence-corrected chi connectivity index (χ2v) is 6.82. The topological polar surface area (TPSA) is 67.9 Å². The molecule has 1 aliphatic heterocycles. The molecule has 0 radical (unpaired) electrons. The van der Waals surface area contributed by atoms with Crippen LogP contribution in [0.1, 0.15) is 36.2 Å². The number of anilines is 1. The van der Waals surface area contributed by atoms with Gasteiger partial charge >= 0.3 is 6.16 Å². The maximum Gasteiger partial charge on any atom is 0.533 e. The van der Waals surface area contributed by atoms with E-state index >= 15 is 0 Å². The van der Waals surface area contributed by atoms with E-state index in [4.69, 9.17) is 9.57 Å². The number of carbonyl (C=O) groups is 2. The Labute approximate surface area is 173 Å². The standard InChI is InChI=1S/C22H22F2N2O4/c1-3-29-22(28)30-26-12-11-14(2)17(13-26)15-7-9-16(10-8-15)25-21(27)20-18(23)5-4-6-19(20)24/h4-10,13-14H,3,11-12H2,1-2H3,(H,25,27). The van der Waals surface area contributed by atoms with Gasteiger partial charge in [0.05, 0.1) is 13.2 Å². The molecule has 0 saturated carbocycles. The quantitative estimate of drug-likeness (QED) is 0.696. The number of benzene rings is 2. The van der Waals surface area contributed by atoms with Gasteiger partial charge in [0, 0.05) is 11.9 Å². The SMILES string of the molecule is CCOC(=O)ON1C=C(c2ccc(NC(=O)c3c(F)cccc3F)cc2)C(C)CC1. The lowest BCUT2D eigenvalue weighted by molar-refractivity contribution is -0.0959. The third kappa shape index (κ3) is 4.94. The Kier molecular flexibility index (Phi) is 6.66. The fourth-order valence-electron chi connectivity index (χ4n) is 3.15. The summed E-state index contributed by atoms with van der Waals surface area (Å²) in [6.45, 7) is 4.53. The molecule has 0 bridgehead atoms. The molecule has 1 unspecified atom stereocenters. The van der Waals surface area contributed by atoms with Crippen LogP contribution < -0.4 is 5.32 Å². The van der Waals surface area contributed by atoms with Crippen LogP contribution in [0.15, 0.2) is 48.7 Å². The zero-order chi connectivity index (χ0) is 21.7. The van der Waals surface area contributed by atoms with Gasteiger partial charge in [0.15, 0.2) is 0 Å². The van der Waals surface area contributed by atoms with Crippen molar-refractivity contribution in [1.29, 1.82) is 0 Å². The second-order valence-electron chi connectivity index (χ2n) is 6.82. The highest BCUT2D eigenvalue weighted by atomic mass is 19.1. The number of hydroxylamine groups is 2. The summed E-state index contributed by atoms with van der Waals surface area (Å²) in [5, 5.41) is 3.93. The molecule has 30 heavy (non-hydrogen) atoms. The van der Waals surface area contributed by atoms with Crippen LogP contribution in [-0.2, 0) is 9.57 Å². The minimum atomic E-state index is -0.924. The summed E-state index contributed by atoms with van der Waals surface area (Å²) in [5.74, 6) is -2.49. The predicted octanol–water partition coefficient (Wildman–Crippen LogP) is 4.99. The molecule has 1 heterocycles. The predicted molar refractivity (Wildman–Crippen MR) is 107 cm³/mol. The number of halogens is 2. The van der Waals surface area contributed by atoms with Gasteiger partial charge < -0.3 is 14.9 Å². The van der Waals surface area contributed by atoms with Crippen molar-refractivity contribution in [3.8, 4) is 0 Å². The van der Waals surface area contributed by atoms with Crippen LogP contribution in [-0.4, -0.2) is 30.3 Å². The van der Waals surface area contributed by atoms with E-state index in [0.29, 0.717) is 12.2 Å². The Bertz CT molecular complexity index is 940. The fraction of sp³-hybridized carbons (Fsp3) is 0.273. The monoisotopic (exact) mass is 416 g/mol. The van der Waals surface area contributed by atoms with Crippen molar-refractivity contribution >= 4 is 23.3 Å². The van der Waals surface area contributed by atoms with E-state index in [1.165, 1.54) is 11.1 Å². The van der Waals surface area contributed by atoms with Crippen LogP contribution >= 0.6 is 0 Å². The molecule has 8 heteroatoms. The third-order valence-corrected chi connectivity index (χ3v) is 4.72. The number of hydrogen-bond donors (Lipinski definition) is 1. The number of amides is 1. The van der Waals surface area contributed by atoms with E-state index in [1.807, 2.05) is 0 Å². The number of ether oxygens (including phenoxy) is 1. The molecule has 0 fully saturated rings. The minimum absolute atomic E-state index is 0.222. The van der Waals surface area contributed by atoms with Crippen LogP contribution in [0.4, 0.5) is 19.3 Å². The maximum atomic E-state index is 13.8. The molecule has 1 amide bonds. The average Bonchev–Trinajstić information content (AvgIpc) is 2.70. The van der Waals surface area contributed by atoms with Crippen molar-refractivity contribution in [3.05, 3.63) is 71.4 Å². The normalized spacial score (nSPS) is 15.9. The lowest BCUT2D eigenvalue weighted by atomic mass is 9.90. The number of hydrogen-bond acceptors (Lipinski definition) is 5. The Morgan fingerprint density at radius 2 is 1.80 bits per heavy atom. The Morgan fingerprint density at radius 3 is 2.43 bits per heavy atom. The summed E-state index contributed by atoms with van der Waals surface area (Å²) < 4.78 is 32.3. The molecule has 0 aliphatic carbocycles. The highest BCUT2D eigenvalue weighted by Gasteiger charge is 2.22. The molecule has 0 spiro atoms. The van der Waals surface area contributed by atoms with Crippen LogP contribution in [0, 0.1) is 17.6 Å². The van der Waals surface area contributed by atoms with Crippen molar-refractivity contribution in [3.63, 3.8) is 0 Å². The van der Waals surface area contributed by atoms with Crippen molar-refractivity contribution in [2.75, 3.05) is 18.5 Å². The molecular formula is C22H22F2N2O4. The second kappa shape index (κ2) is 9.39. The summed E-state index contributed by atoms with van der Waals surface area (Å²) in [6, 6.07) is 10.1. The first kappa shape index (κ1) is 21.3. The largest absolute Gasteiger partial charge is 0.533 e. The lowest BCUT2D eigenvalue weighted by Crippen LogP contribution is -2.29. The van der Waals surface area contributed by atoms with Crippen LogP contribution in [0.2, 0.25) is 0 Å². The Hall–Kier alpha value is -3.42. The maximum absolute atomic E-state index is 13.8. The highest BCUT2D eigenvalue weighted by molar-refractivity contribution is 6.04. The van der Waals surface area contributed by atoms with Gasteiger partial charge in [-0.2, -0.15) is 0 Å². The number of allylic oxidation sites excluding steroid dienone is 1. The van der Waals surface area contributed by atoms with Crippen molar-refractivity contribution in [2.24, 2.45) is 5.92 Å². The summed E-state index contributed by atoms with van der Waals surface area (Å²) in [4.78, 5) is 28.9. The van der Waals surface area contributed by atoms with Crippen molar-refractivity contribution < 1.29 is 27.9 Å². The molecule has 0 saturated heterocycles. The molecular weight excluding hydrogens is 394 g/mol. The fourth-order valence-corrected chi connectivity index (χ4v) is 3.15. The molecule has 2 aromatic rings. The van der Waals surface area contributed by atoms with Gasteiger partial charge in [-0.25, -0.2) is 18.6 Å². The Balaban J connectivity index is 1.73. The van der Waals surface area contributed by atoms with E-state index < -0.39 is 29.3 Å². The van der Waals surface area contributed by atoms with Gasteiger partial charge in [-0.1, -0.05) is 25.1 Å². The molecule has 1 aliphatic rings. The number of nitrogens with one attached hydrogen (secondary N) is 1. The molecule has 2 aromatic carbocycles. The zero-order valence-corrected chi connectivity index (χ0v) is 16.7. The number of nitrogens with zero attached hydrogens (tertiary/aromatic N) is 1. The average molecular weight is 416 g/mol. The molecule has 3 rings (SSSR count). The molecule has 1 atom stereocenters. The van der Waals surface area contributed by atoms with Gasteiger partial charge in [-0.15, -0.1) is 0 Å². The van der Waals surface area contributed by atoms with Gasteiger partial charge in [0.25, 0.3) is 5.91 Å². The molecule has 158 valence electrons. The first-order valence-corrected chi connectivity index (χ1v) is 9.58. The van der Waals surface area contributed by atoms with E-state index in [9.17, 15) is 18.4 Å². The molecule has 0 aromatic heterocycles. The molecule has 6 nitrogen and oxygen atoms in total. The first-order chi connectivity index (χ1) is 14.4. The van der Waals surface area contributed by atoms with Crippen LogP contribution in [0.25, 0.3) is 5.57 Å². The smallest absolute Gasteiger partial charge is 0.433 e. The van der Waals surface area contributed by atoms with E-state index in [0.717, 1.165) is 29.7 Å². The molecule has 1 N–H and O–H groups in total. The number of carbonyl (C=O) groups excluding carboxylic acids is 2. The summed E-state index contributed by atoms with van der Waals surface area (Å²) in [6.07, 6.45) is 1.75. The highest BCUT2D eigenvalue weighted by Crippen LogP contribution is 2.31.